The van der Waals surface area contributed by atoms with Crippen LogP contribution in [0, 0.1) is 0 Å². The Morgan fingerprint density at radius 3 is 2.13 bits per heavy atom. The highest BCUT2D eigenvalue weighted by molar-refractivity contribution is 5.96. The zero-order valence-electron chi connectivity index (χ0n) is 17.5. The van der Waals surface area contributed by atoms with Gasteiger partial charge in [-0.2, -0.15) is 0 Å². The molecule has 1 fully saturated rings. The zero-order valence-corrected chi connectivity index (χ0v) is 17.5. The van der Waals surface area contributed by atoms with Gasteiger partial charge in [0.15, 0.2) is 5.78 Å². The van der Waals surface area contributed by atoms with Crippen molar-refractivity contribution in [2.45, 2.75) is 30.8 Å². The number of allylic oxidation sites excluding steroid dienone is 1. The Hall–Kier alpha value is -3.30. The molecule has 3 heteroatoms. The standard InChI is InChI=1S/C28H25NO2/c1-2-3-17-27(31)26-18-21(30)19-29(26)28(20-11-5-4-6-12-20)24-15-9-7-13-22(24)23-14-8-10-16-25(23)28/h2,4-16,26H,1,3,17-19H2. The molecule has 1 heterocycles. The van der Waals surface area contributed by atoms with Crippen LogP contribution in [0.15, 0.2) is 91.5 Å². The van der Waals surface area contributed by atoms with E-state index in [1.807, 2.05) is 18.2 Å². The van der Waals surface area contributed by atoms with Crippen molar-refractivity contribution in [3.63, 3.8) is 0 Å². The summed E-state index contributed by atoms with van der Waals surface area (Å²) in [5.41, 5.74) is 5.02. The summed E-state index contributed by atoms with van der Waals surface area (Å²) >= 11 is 0. The molecule has 3 aromatic carbocycles. The van der Waals surface area contributed by atoms with Gasteiger partial charge in [-0.05, 0) is 34.2 Å². The highest BCUT2D eigenvalue weighted by Crippen LogP contribution is 2.55. The van der Waals surface area contributed by atoms with Gasteiger partial charge in [0.2, 0.25) is 0 Å². The van der Waals surface area contributed by atoms with Crippen molar-refractivity contribution in [1.82, 2.24) is 4.90 Å². The van der Waals surface area contributed by atoms with E-state index in [0.29, 0.717) is 12.8 Å². The second kappa shape index (κ2) is 7.75. The molecule has 0 spiro atoms. The molecule has 31 heavy (non-hydrogen) atoms. The van der Waals surface area contributed by atoms with E-state index >= 15 is 0 Å². The Balaban J connectivity index is 1.79. The maximum Gasteiger partial charge on any atom is 0.150 e. The van der Waals surface area contributed by atoms with Gasteiger partial charge in [0.25, 0.3) is 0 Å². The molecule has 0 amide bonds. The lowest BCUT2D eigenvalue weighted by Gasteiger charge is -2.43. The average molecular weight is 408 g/mol. The van der Waals surface area contributed by atoms with Crippen LogP contribution in [0.25, 0.3) is 11.1 Å². The molecule has 154 valence electrons. The van der Waals surface area contributed by atoms with E-state index in [1.54, 1.807) is 6.08 Å². The number of hydrogen-bond acceptors (Lipinski definition) is 3. The topological polar surface area (TPSA) is 37.4 Å². The fraction of sp³-hybridized carbons (Fsp3) is 0.214. The Morgan fingerprint density at radius 2 is 1.52 bits per heavy atom. The molecule has 1 atom stereocenters. The van der Waals surface area contributed by atoms with Gasteiger partial charge >= 0.3 is 0 Å². The van der Waals surface area contributed by atoms with Gasteiger partial charge in [0.1, 0.15) is 5.78 Å². The van der Waals surface area contributed by atoms with Crippen LogP contribution in [-0.4, -0.2) is 29.1 Å². The zero-order chi connectivity index (χ0) is 21.4. The van der Waals surface area contributed by atoms with Crippen molar-refractivity contribution in [3.05, 3.63) is 108 Å². The number of ketones is 2. The lowest BCUT2D eigenvalue weighted by atomic mass is 9.78. The van der Waals surface area contributed by atoms with Crippen LogP contribution in [0.3, 0.4) is 0 Å². The van der Waals surface area contributed by atoms with Crippen LogP contribution in [0.5, 0.6) is 0 Å². The molecule has 2 aliphatic rings. The second-order valence-electron chi connectivity index (χ2n) is 8.35. The molecule has 1 aliphatic heterocycles. The van der Waals surface area contributed by atoms with Crippen LogP contribution >= 0.6 is 0 Å². The average Bonchev–Trinajstić information content (AvgIpc) is 3.34. The molecule has 0 bridgehead atoms. The van der Waals surface area contributed by atoms with E-state index < -0.39 is 11.6 Å². The predicted octanol–water partition coefficient (Wildman–Crippen LogP) is 5.14. The smallest absolute Gasteiger partial charge is 0.150 e. The second-order valence-corrected chi connectivity index (χ2v) is 8.35. The third kappa shape index (κ3) is 2.92. The van der Waals surface area contributed by atoms with Crippen LogP contribution in [-0.2, 0) is 15.1 Å². The number of carbonyl (C=O) groups excluding carboxylic acids is 2. The van der Waals surface area contributed by atoms with E-state index in [1.165, 1.54) is 11.1 Å². The molecule has 0 radical (unpaired) electrons. The molecule has 3 aromatic rings. The third-order valence-electron chi connectivity index (χ3n) is 6.66. The molecule has 1 aliphatic carbocycles. The largest absolute Gasteiger partial charge is 0.298 e. The summed E-state index contributed by atoms with van der Waals surface area (Å²) in [6.45, 7) is 4.02. The number of nitrogens with zero attached hydrogens (tertiary/aromatic N) is 1. The minimum Gasteiger partial charge on any atom is -0.298 e. The highest BCUT2D eigenvalue weighted by atomic mass is 16.1. The van der Waals surface area contributed by atoms with Gasteiger partial charge in [-0.25, -0.2) is 0 Å². The van der Waals surface area contributed by atoms with Crippen molar-refractivity contribution in [2.75, 3.05) is 6.54 Å². The quantitative estimate of drug-likeness (QED) is 0.531. The molecule has 1 unspecified atom stereocenters. The summed E-state index contributed by atoms with van der Waals surface area (Å²) in [7, 11) is 0. The lowest BCUT2D eigenvalue weighted by Crippen LogP contribution is -2.51. The van der Waals surface area contributed by atoms with Crippen LogP contribution < -0.4 is 0 Å². The first kappa shape index (κ1) is 19.7. The lowest BCUT2D eigenvalue weighted by molar-refractivity contribution is -0.124. The third-order valence-corrected chi connectivity index (χ3v) is 6.66. The van der Waals surface area contributed by atoms with E-state index in [0.717, 1.165) is 16.7 Å². The Kier molecular flexibility index (Phi) is 4.91. The molecular formula is C28H25NO2. The first-order chi connectivity index (χ1) is 15.2. The van der Waals surface area contributed by atoms with Crippen LogP contribution in [0.4, 0.5) is 0 Å². The summed E-state index contributed by atoms with van der Waals surface area (Å²) in [5, 5.41) is 0. The normalized spacial score (nSPS) is 19.1. The SMILES string of the molecule is C=CCCC(=O)C1CC(=O)CN1C1(c2ccccc2)c2ccccc2-c2ccccc21. The fourth-order valence-electron chi connectivity index (χ4n) is 5.42. The molecule has 0 N–H and O–H groups in total. The first-order valence-electron chi connectivity index (χ1n) is 10.8. The number of Topliss-reactive ketones (excluding diaryl/α,β-unsaturated/α-hetero) is 2. The van der Waals surface area contributed by atoms with Gasteiger partial charge in [0, 0.05) is 12.8 Å². The maximum atomic E-state index is 13.3. The summed E-state index contributed by atoms with van der Waals surface area (Å²) in [5.74, 6) is 0.233. The number of rotatable bonds is 6. The van der Waals surface area contributed by atoms with Gasteiger partial charge in [-0.15, -0.1) is 6.58 Å². The number of likely N-dealkylation sites (tertiary alicyclic amines) is 1. The van der Waals surface area contributed by atoms with Crippen LogP contribution in [0.2, 0.25) is 0 Å². The fourth-order valence-corrected chi connectivity index (χ4v) is 5.42. The minimum absolute atomic E-state index is 0.114. The Labute approximate surface area is 183 Å². The van der Waals surface area contributed by atoms with Gasteiger partial charge in [-0.3, -0.25) is 14.5 Å². The minimum atomic E-state index is -0.672. The Morgan fingerprint density at radius 1 is 0.935 bits per heavy atom. The summed E-state index contributed by atoms with van der Waals surface area (Å²) in [6.07, 6.45) is 3.08. The Bertz CT molecular complexity index is 1120. The molecule has 1 saturated heterocycles. The maximum absolute atomic E-state index is 13.3. The van der Waals surface area contributed by atoms with Crippen molar-refractivity contribution >= 4 is 11.6 Å². The molecule has 0 aromatic heterocycles. The van der Waals surface area contributed by atoms with E-state index in [-0.39, 0.29) is 24.5 Å². The van der Waals surface area contributed by atoms with Gasteiger partial charge < -0.3 is 0 Å². The number of carbonyl (C=O) groups is 2. The molecule has 5 rings (SSSR count). The van der Waals surface area contributed by atoms with Gasteiger partial charge in [0.05, 0.1) is 18.1 Å². The van der Waals surface area contributed by atoms with Crippen molar-refractivity contribution in [3.8, 4) is 11.1 Å². The van der Waals surface area contributed by atoms with Crippen molar-refractivity contribution in [2.24, 2.45) is 0 Å². The monoisotopic (exact) mass is 407 g/mol. The molecule has 0 saturated carbocycles. The summed E-state index contributed by atoms with van der Waals surface area (Å²) < 4.78 is 0. The highest BCUT2D eigenvalue weighted by Gasteiger charge is 2.54. The number of hydrogen-bond donors (Lipinski definition) is 0. The van der Waals surface area contributed by atoms with E-state index in [2.05, 4.69) is 72.1 Å². The molecule has 3 nitrogen and oxygen atoms in total. The molecular weight excluding hydrogens is 382 g/mol. The summed E-state index contributed by atoms with van der Waals surface area (Å²) in [4.78, 5) is 28.2. The van der Waals surface area contributed by atoms with Gasteiger partial charge in [-0.1, -0.05) is 84.9 Å². The van der Waals surface area contributed by atoms with E-state index in [4.69, 9.17) is 0 Å². The predicted molar refractivity (Wildman–Crippen MR) is 123 cm³/mol. The van der Waals surface area contributed by atoms with Crippen molar-refractivity contribution in [1.29, 1.82) is 0 Å². The summed E-state index contributed by atoms with van der Waals surface area (Å²) in [6, 6.07) is 26.7. The first-order valence-corrected chi connectivity index (χ1v) is 10.8. The van der Waals surface area contributed by atoms with E-state index in [9.17, 15) is 9.59 Å². The number of benzene rings is 3. The van der Waals surface area contributed by atoms with Crippen molar-refractivity contribution < 1.29 is 9.59 Å². The van der Waals surface area contributed by atoms with Crippen LogP contribution in [0.1, 0.15) is 36.0 Å². The number of fused-ring (bicyclic) bond motifs is 3.